The van der Waals surface area contributed by atoms with Crippen LogP contribution in [0.15, 0.2) is 54.6 Å². The minimum atomic E-state index is 0.439. The van der Waals surface area contributed by atoms with Crippen LogP contribution in [0.2, 0.25) is 0 Å². The fraction of sp³-hybridized carbons (Fsp3) is 0.133. The molecule has 0 N–H and O–H groups in total. The average molecular weight is 226 g/mol. The van der Waals surface area contributed by atoms with Crippen molar-refractivity contribution in [3.05, 3.63) is 60.2 Å². The van der Waals surface area contributed by atoms with E-state index in [9.17, 15) is 4.79 Å². The molecule has 0 aliphatic carbocycles. The Morgan fingerprint density at radius 1 is 0.882 bits per heavy atom. The molecule has 0 saturated heterocycles. The Bertz CT molecular complexity index is 460. The molecular formula is C15H14O2. The predicted octanol–water partition coefficient (Wildman–Crippen LogP) is 3.07. The minimum Gasteiger partial charge on any atom is -0.468 e. The van der Waals surface area contributed by atoms with E-state index in [4.69, 9.17) is 0 Å². The molecule has 0 bridgehead atoms. The molecule has 2 rings (SSSR count). The Labute approximate surface area is 101 Å². The highest BCUT2D eigenvalue weighted by Gasteiger charge is 1.97. The summed E-state index contributed by atoms with van der Waals surface area (Å²) in [6, 6.07) is 18.6. The van der Waals surface area contributed by atoms with E-state index in [1.165, 1.54) is 16.7 Å². The molecule has 2 nitrogen and oxygen atoms in total. The second-order valence-electron chi connectivity index (χ2n) is 3.78. The van der Waals surface area contributed by atoms with Gasteiger partial charge in [-0.05, 0) is 16.7 Å². The Morgan fingerprint density at radius 2 is 1.53 bits per heavy atom. The molecule has 0 atom stereocenters. The van der Waals surface area contributed by atoms with Crippen molar-refractivity contribution in [2.75, 3.05) is 6.61 Å². The van der Waals surface area contributed by atoms with Crippen molar-refractivity contribution in [3.63, 3.8) is 0 Å². The van der Waals surface area contributed by atoms with E-state index in [-0.39, 0.29) is 0 Å². The molecule has 0 spiro atoms. The van der Waals surface area contributed by atoms with Crippen molar-refractivity contribution in [1.82, 2.24) is 0 Å². The number of rotatable bonds is 5. The molecule has 0 amide bonds. The summed E-state index contributed by atoms with van der Waals surface area (Å²) in [5, 5.41) is 0. The maximum Gasteiger partial charge on any atom is 0.293 e. The molecule has 86 valence electrons. The van der Waals surface area contributed by atoms with Crippen molar-refractivity contribution >= 4 is 6.47 Å². The third kappa shape index (κ3) is 3.18. The van der Waals surface area contributed by atoms with Crippen molar-refractivity contribution in [2.45, 2.75) is 6.42 Å². The summed E-state index contributed by atoms with van der Waals surface area (Å²) >= 11 is 0. The lowest BCUT2D eigenvalue weighted by molar-refractivity contribution is -0.128. The first-order valence-electron chi connectivity index (χ1n) is 5.60. The summed E-state index contributed by atoms with van der Waals surface area (Å²) in [7, 11) is 0. The number of carbonyl (C=O) groups is 1. The Morgan fingerprint density at radius 3 is 2.18 bits per heavy atom. The summed E-state index contributed by atoms with van der Waals surface area (Å²) in [5.74, 6) is 0. The smallest absolute Gasteiger partial charge is 0.293 e. The second-order valence-corrected chi connectivity index (χ2v) is 3.78. The quantitative estimate of drug-likeness (QED) is 0.578. The molecule has 0 aliphatic heterocycles. The topological polar surface area (TPSA) is 26.3 Å². The van der Waals surface area contributed by atoms with Crippen LogP contribution < -0.4 is 0 Å². The highest BCUT2D eigenvalue weighted by Crippen LogP contribution is 2.19. The molecule has 17 heavy (non-hydrogen) atoms. The number of ether oxygens (including phenoxy) is 1. The van der Waals surface area contributed by atoms with Crippen LogP contribution in [-0.2, 0) is 16.0 Å². The fourth-order valence-corrected chi connectivity index (χ4v) is 1.72. The van der Waals surface area contributed by atoms with Gasteiger partial charge in [-0.25, -0.2) is 0 Å². The van der Waals surface area contributed by atoms with Gasteiger partial charge < -0.3 is 4.74 Å². The molecule has 0 aliphatic rings. The van der Waals surface area contributed by atoms with Crippen LogP contribution >= 0.6 is 0 Å². The largest absolute Gasteiger partial charge is 0.468 e. The van der Waals surface area contributed by atoms with Crippen molar-refractivity contribution in [2.24, 2.45) is 0 Å². The first-order chi connectivity index (χ1) is 8.40. The monoisotopic (exact) mass is 226 g/mol. The summed E-state index contributed by atoms with van der Waals surface area (Å²) in [5.41, 5.74) is 3.58. The van der Waals surface area contributed by atoms with Crippen LogP contribution in [0.3, 0.4) is 0 Å². The van der Waals surface area contributed by atoms with Gasteiger partial charge in [-0.1, -0.05) is 54.6 Å². The van der Waals surface area contributed by atoms with Gasteiger partial charge in [0, 0.05) is 6.42 Å². The van der Waals surface area contributed by atoms with Crippen molar-refractivity contribution < 1.29 is 9.53 Å². The predicted molar refractivity (Wildman–Crippen MR) is 67.6 cm³/mol. The lowest BCUT2D eigenvalue weighted by atomic mass is 10.0. The summed E-state index contributed by atoms with van der Waals surface area (Å²) in [6.45, 7) is 0.923. The lowest BCUT2D eigenvalue weighted by Gasteiger charge is -2.04. The highest BCUT2D eigenvalue weighted by molar-refractivity contribution is 5.63. The van der Waals surface area contributed by atoms with E-state index >= 15 is 0 Å². The van der Waals surface area contributed by atoms with Crippen LogP contribution in [0.4, 0.5) is 0 Å². The number of hydrogen-bond donors (Lipinski definition) is 0. The number of hydrogen-bond acceptors (Lipinski definition) is 2. The van der Waals surface area contributed by atoms with Gasteiger partial charge >= 0.3 is 0 Å². The van der Waals surface area contributed by atoms with Crippen LogP contribution in [-0.4, -0.2) is 13.1 Å². The molecule has 2 heteroatoms. The number of benzene rings is 2. The van der Waals surface area contributed by atoms with E-state index in [0.29, 0.717) is 13.1 Å². The Balaban J connectivity index is 2.05. The normalized spacial score (nSPS) is 9.88. The lowest BCUT2D eigenvalue weighted by Crippen LogP contribution is -1.96. The van der Waals surface area contributed by atoms with Gasteiger partial charge in [0.25, 0.3) is 6.47 Å². The maximum atomic E-state index is 10.0. The Hall–Kier alpha value is -2.09. The van der Waals surface area contributed by atoms with Gasteiger partial charge in [-0.2, -0.15) is 0 Å². The van der Waals surface area contributed by atoms with Crippen molar-refractivity contribution in [1.29, 1.82) is 0 Å². The van der Waals surface area contributed by atoms with Crippen molar-refractivity contribution in [3.8, 4) is 11.1 Å². The van der Waals surface area contributed by atoms with Gasteiger partial charge in [0.2, 0.25) is 0 Å². The zero-order chi connectivity index (χ0) is 11.9. The van der Waals surface area contributed by atoms with Gasteiger partial charge in [-0.3, -0.25) is 4.79 Å². The van der Waals surface area contributed by atoms with E-state index in [1.54, 1.807) is 0 Å². The first-order valence-corrected chi connectivity index (χ1v) is 5.60. The van der Waals surface area contributed by atoms with E-state index < -0.39 is 0 Å². The molecule has 0 aromatic heterocycles. The van der Waals surface area contributed by atoms with Crippen LogP contribution in [0.25, 0.3) is 11.1 Å². The van der Waals surface area contributed by atoms with Crippen LogP contribution in [0.1, 0.15) is 5.56 Å². The van der Waals surface area contributed by atoms with E-state index in [2.05, 4.69) is 41.1 Å². The summed E-state index contributed by atoms with van der Waals surface area (Å²) in [4.78, 5) is 10.0. The highest BCUT2D eigenvalue weighted by atomic mass is 16.5. The summed E-state index contributed by atoms with van der Waals surface area (Å²) in [6.07, 6.45) is 0.758. The average Bonchev–Trinajstić information content (AvgIpc) is 2.41. The van der Waals surface area contributed by atoms with Gasteiger partial charge in [0.15, 0.2) is 0 Å². The molecule has 0 unspecified atom stereocenters. The summed E-state index contributed by atoms with van der Waals surface area (Å²) < 4.78 is 4.67. The molecular weight excluding hydrogens is 212 g/mol. The molecule has 0 saturated carbocycles. The Kier molecular flexibility index (Phi) is 3.92. The number of carbonyl (C=O) groups excluding carboxylic acids is 1. The molecule has 0 fully saturated rings. The third-order valence-corrected chi connectivity index (χ3v) is 2.64. The molecule has 2 aromatic carbocycles. The molecule has 0 radical (unpaired) electrons. The van der Waals surface area contributed by atoms with Crippen LogP contribution in [0.5, 0.6) is 0 Å². The molecule has 2 aromatic rings. The zero-order valence-corrected chi connectivity index (χ0v) is 9.50. The van der Waals surface area contributed by atoms with Gasteiger partial charge in [0.05, 0.1) is 6.61 Å². The second kappa shape index (κ2) is 5.85. The SMILES string of the molecule is O=COCCc1ccc(-c2ccccc2)cc1. The standard InChI is InChI=1S/C15H14O2/c16-12-17-11-10-13-6-8-15(9-7-13)14-4-2-1-3-5-14/h1-9,12H,10-11H2. The minimum absolute atomic E-state index is 0.439. The van der Waals surface area contributed by atoms with E-state index in [1.807, 2.05) is 18.2 Å². The zero-order valence-electron chi connectivity index (χ0n) is 9.50. The molecule has 0 heterocycles. The fourth-order valence-electron chi connectivity index (χ4n) is 1.72. The van der Waals surface area contributed by atoms with Crippen LogP contribution in [0, 0.1) is 0 Å². The maximum absolute atomic E-state index is 10.0. The van der Waals surface area contributed by atoms with Gasteiger partial charge in [-0.15, -0.1) is 0 Å². The van der Waals surface area contributed by atoms with E-state index in [0.717, 1.165) is 6.42 Å². The first kappa shape index (κ1) is 11.4. The van der Waals surface area contributed by atoms with Gasteiger partial charge in [0.1, 0.15) is 0 Å². The third-order valence-electron chi connectivity index (χ3n) is 2.64.